The largest absolute Gasteiger partial charge is 0.386 e. The van der Waals surface area contributed by atoms with Crippen LogP contribution in [0.2, 0.25) is 0 Å². The Morgan fingerprint density at radius 3 is 2.23 bits per heavy atom. The standard InChI is InChI=1S/C17H19N3O5S/c21-17(11-18-12-17)13-19(10-14-4-2-1-3-5-14)26(24,25)16-8-6-15(7-9-16)20(22)23/h1-9,18,21H,10-13H2. The van der Waals surface area contributed by atoms with E-state index in [1.54, 1.807) is 12.1 Å². The molecule has 1 heterocycles. The van der Waals surface area contributed by atoms with E-state index in [0.717, 1.165) is 17.7 Å². The van der Waals surface area contributed by atoms with Crippen molar-refractivity contribution in [2.75, 3.05) is 19.6 Å². The van der Waals surface area contributed by atoms with Crippen LogP contribution < -0.4 is 5.32 Å². The minimum atomic E-state index is -3.93. The van der Waals surface area contributed by atoms with Gasteiger partial charge in [0.1, 0.15) is 5.60 Å². The van der Waals surface area contributed by atoms with Crippen molar-refractivity contribution in [2.45, 2.75) is 17.0 Å². The third-order valence-electron chi connectivity index (χ3n) is 4.27. The number of hydrogen-bond acceptors (Lipinski definition) is 6. The Kier molecular flexibility index (Phi) is 5.05. The van der Waals surface area contributed by atoms with Crippen LogP contribution in [0.3, 0.4) is 0 Å². The summed E-state index contributed by atoms with van der Waals surface area (Å²) in [4.78, 5) is 10.1. The summed E-state index contributed by atoms with van der Waals surface area (Å²) in [5.41, 5.74) is -0.517. The summed E-state index contributed by atoms with van der Waals surface area (Å²) in [7, 11) is -3.93. The van der Waals surface area contributed by atoms with Crippen LogP contribution in [0.1, 0.15) is 5.56 Å². The highest BCUT2D eigenvalue weighted by Crippen LogP contribution is 2.24. The Morgan fingerprint density at radius 2 is 1.73 bits per heavy atom. The van der Waals surface area contributed by atoms with Gasteiger partial charge in [0.15, 0.2) is 0 Å². The van der Waals surface area contributed by atoms with E-state index in [-0.39, 0.29) is 23.7 Å². The molecular formula is C17H19N3O5S. The van der Waals surface area contributed by atoms with Crippen molar-refractivity contribution in [3.05, 3.63) is 70.3 Å². The Bertz CT molecular complexity index is 880. The number of nitrogens with one attached hydrogen (secondary N) is 1. The van der Waals surface area contributed by atoms with E-state index in [4.69, 9.17) is 0 Å². The van der Waals surface area contributed by atoms with Crippen LogP contribution in [-0.4, -0.2) is 48.0 Å². The van der Waals surface area contributed by atoms with Gasteiger partial charge in [-0.2, -0.15) is 4.31 Å². The van der Waals surface area contributed by atoms with Gasteiger partial charge in [0, 0.05) is 38.3 Å². The zero-order chi connectivity index (χ0) is 18.8. The lowest BCUT2D eigenvalue weighted by Crippen LogP contribution is -2.64. The van der Waals surface area contributed by atoms with Gasteiger partial charge in [-0.05, 0) is 17.7 Å². The Labute approximate surface area is 151 Å². The summed E-state index contributed by atoms with van der Waals surface area (Å²) in [6.45, 7) is 0.666. The molecule has 138 valence electrons. The average molecular weight is 377 g/mol. The molecule has 0 aromatic heterocycles. The lowest BCUT2D eigenvalue weighted by Gasteiger charge is -2.40. The first-order chi connectivity index (χ1) is 12.3. The van der Waals surface area contributed by atoms with Crippen molar-refractivity contribution in [2.24, 2.45) is 0 Å². The fraction of sp³-hybridized carbons (Fsp3) is 0.294. The zero-order valence-corrected chi connectivity index (χ0v) is 14.7. The van der Waals surface area contributed by atoms with E-state index in [1.807, 2.05) is 18.2 Å². The SMILES string of the molecule is O=[N+]([O-])c1ccc(S(=O)(=O)N(Cc2ccccc2)CC2(O)CNC2)cc1. The lowest BCUT2D eigenvalue weighted by atomic mass is 9.97. The van der Waals surface area contributed by atoms with Gasteiger partial charge in [0.2, 0.25) is 10.0 Å². The first-order valence-corrected chi connectivity index (χ1v) is 9.46. The molecule has 0 amide bonds. The highest BCUT2D eigenvalue weighted by atomic mass is 32.2. The van der Waals surface area contributed by atoms with Gasteiger partial charge in [-0.25, -0.2) is 8.42 Å². The number of hydrogen-bond donors (Lipinski definition) is 2. The molecule has 0 aliphatic carbocycles. The fourth-order valence-electron chi connectivity index (χ4n) is 2.76. The van der Waals surface area contributed by atoms with Crippen LogP contribution in [0.25, 0.3) is 0 Å². The smallest absolute Gasteiger partial charge is 0.269 e. The Hall–Kier alpha value is -2.33. The molecular weight excluding hydrogens is 358 g/mol. The van der Waals surface area contributed by atoms with Crippen molar-refractivity contribution in [3.63, 3.8) is 0 Å². The molecule has 9 heteroatoms. The van der Waals surface area contributed by atoms with Crippen molar-refractivity contribution in [1.29, 1.82) is 0 Å². The molecule has 1 fully saturated rings. The number of nitro benzene ring substituents is 1. The van der Waals surface area contributed by atoms with Crippen LogP contribution in [-0.2, 0) is 16.6 Å². The number of non-ortho nitro benzene ring substituents is 1. The predicted molar refractivity (Wildman–Crippen MR) is 95.0 cm³/mol. The molecule has 0 saturated carbocycles. The zero-order valence-electron chi connectivity index (χ0n) is 13.9. The molecule has 2 aromatic carbocycles. The molecule has 1 saturated heterocycles. The normalized spacial score (nSPS) is 16.2. The van der Waals surface area contributed by atoms with Gasteiger partial charge in [-0.3, -0.25) is 10.1 Å². The van der Waals surface area contributed by atoms with Gasteiger partial charge in [0.05, 0.1) is 9.82 Å². The van der Waals surface area contributed by atoms with Crippen molar-refractivity contribution in [1.82, 2.24) is 9.62 Å². The second-order valence-corrected chi connectivity index (χ2v) is 8.28. The average Bonchev–Trinajstić information content (AvgIpc) is 2.60. The highest BCUT2D eigenvalue weighted by molar-refractivity contribution is 7.89. The maximum atomic E-state index is 13.1. The van der Waals surface area contributed by atoms with Crippen molar-refractivity contribution in [3.8, 4) is 0 Å². The molecule has 2 N–H and O–H groups in total. The number of benzene rings is 2. The molecule has 0 atom stereocenters. The molecule has 0 unspecified atom stereocenters. The molecule has 3 rings (SSSR count). The van der Waals surface area contributed by atoms with E-state index in [1.165, 1.54) is 16.4 Å². The molecule has 0 spiro atoms. The van der Waals surface area contributed by atoms with Crippen molar-refractivity contribution < 1.29 is 18.4 Å². The molecule has 1 aliphatic heterocycles. The van der Waals surface area contributed by atoms with Gasteiger partial charge in [0.25, 0.3) is 5.69 Å². The molecule has 2 aromatic rings. The third kappa shape index (κ3) is 3.91. The number of β-amino-alcohol motifs (C(OH)–C–C–N with tert-alkyl or cyclic N) is 1. The van der Waals surface area contributed by atoms with E-state index >= 15 is 0 Å². The molecule has 0 radical (unpaired) electrons. The van der Waals surface area contributed by atoms with Gasteiger partial charge in [-0.15, -0.1) is 0 Å². The topological polar surface area (TPSA) is 113 Å². The second-order valence-electron chi connectivity index (χ2n) is 6.34. The summed E-state index contributed by atoms with van der Waals surface area (Å²) >= 11 is 0. The number of aliphatic hydroxyl groups is 1. The second kappa shape index (κ2) is 7.12. The summed E-state index contributed by atoms with van der Waals surface area (Å²) in [6, 6.07) is 13.8. The van der Waals surface area contributed by atoms with E-state index in [9.17, 15) is 23.6 Å². The monoisotopic (exact) mass is 377 g/mol. The highest BCUT2D eigenvalue weighted by Gasteiger charge is 2.40. The maximum absolute atomic E-state index is 13.1. The Balaban J connectivity index is 1.91. The summed E-state index contributed by atoms with van der Waals surface area (Å²) < 4.78 is 27.3. The van der Waals surface area contributed by atoms with Crippen molar-refractivity contribution >= 4 is 15.7 Å². The summed E-state index contributed by atoms with van der Waals surface area (Å²) in [5.74, 6) is 0. The quantitative estimate of drug-likeness (QED) is 0.552. The van der Waals surface area contributed by atoms with Crippen LogP contribution in [0.5, 0.6) is 0 Å². The molecule has 1 aliphatic rings. The molecule has 0 bridgehead atoms. The molecule has 8 nitrogen and oxygen atoms in total. The van der Waals surface area contributed by atoms with Crippen LogP contribution in [0.15, 0.2) is 59.5 Å². The van der Waals surface area contributed by atoms with E-state index in [0.29, 0.717) is 13.1 Å². The van der Waals surface area contributed by atoms with Gasteiger partial charge < -0.3 is 10.4 Å². The van der Waals surface area contributed by atoms with E-state index in [2.05, 4.69) is 5.32 Å². The minimum Gasteiger partial charge on any atom is -0.386 e. The number of rotatable bonds is 7. The number of nitro groups is 1. The minimum absolute atomic E-state index is 0.0464. The first-order valence-electron chi connectivity index (χ1n) is 8.02. The number of nitrogens with zero attached hydrogens (tertiary/aromatic N) is 2. The predicted octanol–water partition coefficient (Wildman–Crippen LogP) is 1.12. The summed E-state index contributed by atoms with van der Waals surface area (Å²) in [5, 5.41) is 24.1. The lowest BCUT2D eigenvalue weighted by molar-refractivity contribution is -0.384. The van der Waals surface area contributed by atoms with Crippen LogP contribution in [0, 0.1) is 10.1 Å². The summed E-state index contributed by atoms with van der Waals surface area (Å²) in [6.07, 6.45) is 0. The first kappa shape index (κ1) is 18.5. The number of sulfonamides is 1. The Morgan fingerprint density at radius 1 is 1.12 bits per heavy atom. The van der Waals surface area contributed by atoms with Crippen LogP contribution in [0.4, 0.5) is 5.69 Å². The van der Waals surface area contributed by atoms with Crippen LogP contribution >= 0.6 is 0 Å². The maximum Gasteiger partial charge on any atom is 0.269 e. The third-order valence-corrected chi connectivity index (χ3v) is 6.07. The van der Waals surface area contributed by atoms with Gasteiger partial charge >= 0.3 is 0 Å². The fourth-order valence-corrected chi connectivity index (χ4v) is 4.26. The van der Waals surface area contributed by atoms with Gasteiger partial charge in [-0.1, -0.05) is 30.3 Å². The molecule has 26 heavy (non-hydrogen) atoms. The van der Waals surface area contributed by atoms with E-state index < -0.39 is 20.5 Å².